The van der Waals surface area contributed by atoms with Crippen LogP contribution in [0.4, 0.5) is 13.2 Å². The maximum Gasteiger partial charge on any atom is 0.416 e. The molecule has 0 bridgehead atoms. The van der Waals surface area contributed by atoms with Crippen LogP contribution in [-0.4, -0.2) is 49.9 Å². The molecule has 1 aromatic rings. The molecule has 4 nitrogen and oxygen atoms in total. The second kappa shape index (κ2) is 7.99. The molecule has 0 radical (unpaired) electrons. The van der Waals surface area contributed by atoms with Crippen LogP contribution in [0.3, 0.4) is 0 Å². The van der Waals surface area contributed by atoms with Gasteiger partial charge in [0.25, 0.3) is 0 Å². The number of aliphatic hydroxyl groups is 1. The molecule has 0 aromatic heterocycles. The standard InChI is InChI=1S/C16H23F3N2O2/c1-23-12-4-5-13(14(11-12)16(17,18)19)15(3-2-10-22)21-8-6-20-7-9-21/h4-5,11,15,20,22H,2-3,6-10H2,1H3/t15-/m0/s1. The molecule has 7 heteroatoms. The number of halogens is 3. The molecule has 2 rings (SSSR count). The van der Waals surface area contributed by atoms with Gasteiger partial charge >= 0.3 is 6.18 Å². The average molecular weight is 332 g/mol. The highest BCUT2D eigenvalue weighted by Crippen LogP contribution is 2.39. The summed E-state index contributed by atoms with van der Waals surface area (Å²) in [5.74, 6) is 0.197. The average Bonchev–Trinajstić information content (AvgIpc) is 2.55. The van der Waals surface area contributed by atoms with Gasteiger partial charge in [-0.1, -0.05) is 6.07 Å². The lowest BCUT2D eigenvalue weighted by Gasteiger charge is -2.36. The first-order chi connectivity index (χ1) is 11.0. The number of piperazine rings is 1. The van der Waals surface area contributed by atoms with Gasteiger partial charge in [-0.25, -0.2) is 0 Å². The molecule has 1 fully saturated rings. The van der Waals surface area contributed by atoms with E-state index in [0.29, 0.717) is 25.9 Å². The number of benzene rings is 1. The van der Waals surface area contributed by atoms with E-state index in [2.05, 4.69) is 10.2 Å². The van der Waals surface area contributed by atoms with E-state index >= 15 is 0 Å². The van der Waals surface area contributed by atoms with Crippen LogP contribution in [0.25, 0.3) is 0 Å². The summed E-state index contributed by atoms with van der Waals surface area (Å²) in [6, 6.07) is 3.78. The lowest BCUT2D eigenvalue weighted by molar-refractivity contribution is -0.139. The Morgan fingerprint density at radius 1 is 1.30 bits per heavy atom. The lowest BCUT2D eigenvalue weighted by Crippen LogP contribution is -2.45. The van der Waals surface area contributed by atoms with Gasteiger partial charge in [-0.3, -0.25) is 4.90 Å². The highest BCUT2D eigenvalue weighted by atomic mass is 19.4. The fourth-order valence-electron chi connectivity index (χ4n) is 3.01. The molecule has 1 saturated heterocycles. The Labute approximate surface area is 134 Å². The van der Waals surface area contributed by atoms with Crippen molar-refractivity contribution in [2.45, 2.75) is 25.1 Å². The third-order valence-electron chi connectivity index (χ3n) is 4.15. The summed E-state index contributed by atoms with van der Waals surface area (Å²) in [4.78, 5) is 2.06. The number of nitrogens with zero attached hydrogens (tertiary/aromatic N) is 1. The van der Waals surface area contributed by atoms with Crippen molar-refractivity contribution in [3.63, 3.8) is 0 Å². The summed E-state index contributed by atoms with van der Waals surface area (Å²) in [6.07, 6.45) is -3.47. The van der Waals surface area contributed by atoms with Crippen LogP contribution in [-0.2, 0) is 6.18 Å². The zero-order valence-electron chi connectivity index (χ0n) is 13.2. The Morgan fingerprint density at radius 2 is 2.00 bits per heavy atom. The normalized spacial score (nSPS) is 18.0. The van der Waals surface area contributed by atoms with Crippen LogP contribution < -0.4 is 10.1 Å². The van der Waals surface area contributed by atoms with Crippen LogP contribution in [0.5, 0.6) is 5.75 Å². The number of hydrogen-bond acceptors (Lipinski definition) is 4. The van der Waals surface area contributed by atoms with Gasteiger partial charge in [-0.05, 0) is 30.5 Å². The molecule has 1 aliphatic rings. The summed E-state index contributed by atoms with van der Waals surface area (Å²) >= 11 is 0. The SMILES string of the molecule is COc1ccc([C@H](CCCO)N2CCNCC2)c(C(F)(F)F)c1. The Bertz CT molecular complexity index is 503. The van der Waals surface area contributed by atoms with Crippen LogP contribution >= 0.6 is 0 Å². The van der Waals surface area contributed by atoms with Crippen molar-refractivity contribution in [3.05, 3.63) is 29.3 Å². The molecular weight excluding hydrogens is 309 g/mol. The number of rotatable bonds is 6. The zero-order valence-corrected chi connectivity index (χ0v) is 13.2. The van der Waals surface area contributed by atoms with Gasteiger partial charge in [0.2, 0.25) is 0 Å². The summed E-state index contributed by atoms with van der Waals surface area (Å²) in [7, 11) is 1.36. The second-order valence-electron chi connectivity index (χ2n) is 5.62. The van der Waals surface area contributed by atoms with Gasteiger partial charge in [-0.15, -0.1) is 0 Å². The van der Waals surface area contributed by atoms with Crippen molar-refractivity contribution in [1.29, 1.82) is 0 Å². The predicted molar refractivity (Wildman–Crippen MR) is 81.5 cm³/mol. The minimum atomic E-state index is -4.44. The fraction of sp³-hybridized carbons (Fsp3) is 0.625. The molecule has 1 aromatic carbocycles. The minimum Gasteiger partial charge on any atom is -0.497 e. The number of hydrogen-bond donors (Lipinski definition) is 2. The van der Waals surface area contributed by atoms with Crippen molar-refractivity contribution >= 4 is 0 Å². The van der Waals surface area contributed by atoms with E-state index in [1.54, 1.807) is 6.07 Å². The molecule has 0 saturated carbocycles. The fourth-order valence-corrected chi connectivity index (χ4v) is 3.01. The van der Waals surface area contributed by atoms with Crippen LogP contribution in [0.2, 0.25) is 0 Å². The number of aliphatic hydroxyl groups excluding tert-OH is 1. The molecule has 23 heavy (non-hydrogen) atoms. The van der Waals surface area contributed by atoms with Crippen LogP contribution in [0.1, 0.15) is 30.0 Å². The summed E-state index contributed by atoms with van der Waals surface area (Å²) in [5, 5.41) is 12.3. The first-order valence-electron chi connectivity index (χ1n) is 7.78. The lowest BCUT2D eigenvalue weighted by atomic mass is 9.94. The van der Waals surface area contributed by atoms with E-state index in [1.807, 2.05) is 0 Å². The molecule has 0 unspecified atom stereocenters. The largest absolute Gasteiger partial charge is 0.497 e. The van der Waals surface area contributed by atoms with Gasteiger partial charge in [0.1, 0.15) is 5.75 Å². The highest BCUT2D eigenvalue weighted by molar-refractivity contribution is 5.39. The molecular formula is C16H23F3N2O2. The number of ether oxygens (including phenoxy) is 1. The number of methoxy groups -OCH3 is 1. The minimum absolute atomic E-state index is 0.0277. The van der Waals surface area contributed by atoms with E-state index in [1.165, 1.54) is 13.2 Å². The number of nitrogens with one attached hydrogen (secondary N) is 1. The molecule has 0 spiro atoms. The van der Waals surface area contributed by atoms with Crippen LogP contribution in [0, 0.1) is 0 Å². The van der Waals surface area contributed by atoms with Crippen molar-refractivity contribution in [1.82, 2.24) is 10.2 Å². The van der Waals surface area contributed by atoms with Gasteiger partial charge in [0.05, 0.1) is 12.7 Å². The third-order valence-corrected chi connectivity index (χ3v) is 4.15. The first kappa shape index (κ1) is 18.0. The Hall–Kier alpha value is -1.31. The number of alkyl halides is 3. The van der Waals surface area contributed by atoms with Crippen LogP contribution in [0.15, 0.2) is 18.2 Å². The van der Waals surface area contributed by atoms with Crippen molar-refractivity contribution in [2.24, 2.45) is 0 Å². The van der Waals surface area contributed by atoms with E-state index in [9.17, 15) is 13.2 Å². The van der Waals surface area contributed by atoms with Crippen molar-refractivity contribution in [3.8, 4) is 5.75 Å². The summed E-state index contributed by atoms with van der Waals surface area (Å²) in [5.41, 5.74) is -0.396. The quantitative estimate of drug-likeness (QED) is 0.840. The molecule has 2 N–H and O–H groups in total. The van der Waals surface area contributed by atoms with E-state index < -0.39 is 11.7 Å². The third kappa shape index (κ3) is 4.59. The van der Waals surface area contributed by atoms with Gasteiger partial charge < -0.3 is 15.2 Å². The van der Waals surface area contributed by atoms with E-state index in [4.69, 9.17) is 9.84 Å². The van der Waals surface area contributed by atoms with Gasteiger partial charge in [-0.2, -0.15) is 13.2 Å². The smallest absolute Gasteiger partial charge is 0.416 e. The van der Waals surface area contributed by atoms with Gasteiger partial charge in [0, 0.05) is 38.8 Å². The second-order valence-corrected chi connectivity index (χ2v) is 5.62. The summed E-state index contributed by atoms with van der Waals surface area (Å²) < 4.78 is 45.4. The first-order valence-corrected chi connectivity index (χ1v) is 7.78. The van der Waals surface area contributed by atoms with Crippen molar-refractivity contribution < 1.29 is 23.0 Å². The van der Waals surface area contributed by atoms with Gasteiger partial charge in [0.15, 0.2) is 0 Å². The molecule has 0 aliphatic carbocycles. The maximum atomic E-state index is 13.5. The maximum absolute atomic E-state index is 13.5. The topological polar surface area (TPSA) is 44.7 Å². The predicted octanol–water partition coefficient (Wildman–Crippen LogP) is 2.43. The molecule has 1 aliphatic heterocycles. The van der Waals surface area contributed by atoms with E-state index in [-0.39, 0.29) is 24.0 Å². The van der Waals surface area contributed by atoms with E-state index in [0.717, 1.165) is 19.2 Å². The zero-order chi connectivity index (χ0) is 16.9. The summed E-state index contributed by atoms with van der Waals surface area (Å²) in [6.45, 7) is 2.87. The Morgan fingerprint density at radius 3 is 2.57 bits per heavy atom. The Balaban J connectivity index is 2.39. The Kier molecular flexibility index (Phi) is 6.26. The molecule has 0 amide bonds. The molecule has 1 heterocycles. The monoisotopic (exact) mass is 332 g/mol. The highest BCUT2D eigenvalue weighted by Gasteiger charge is 2.37. The molecule has 130 valence electrons. The molecule has 1 atom stereocenters. The van der Waals surface area contributed by atoms with Crippen molar-refractivity contribution in [2.75, 3.05) is 39.9 Å².